The standard InChI is InChI=1S/C15H17N5O3/c1-2-9-11(21)12(22)15(23-9)20-7-18-10-13(16-6-17-14(10)20)19-8-4-3-5-8/h1,6-9,11-12,15,21-22H,3-5H2,(H,16,17,19)/t9-,11-,12-,15-/m1/s1. The molecule has 3 N–H and O–H groups in total. The van der Waals surface area contributed by atoms with Crippen LogP contribution in [0.2, 0.25) is 0 Å². The Balaban J connectivity index is 1.69. The molecule has 4 rings (SSSR count). The van der Waals surface area contributed by atoms with E-state index in [-0.39, 0.29) is 0 Å². The summed E-state index contributed by atoms with van der Waals surface area (Å²) in [6.45, 7) is 0. The number of nitrogens with one attached hydrogen (secondary N) is 1. The average molecular weight is 315 g/mol. The van der Waals surface area contributed by atoms with Crippen LogP contribution in [0.4, 0.5) is 5.82 Å². The molecule has 1 aliphatic heterocycles. The zero-order chi connectivity index (χ0) is 16.0. The zero-order valence-electron chi connectivity index (χ0n) is 12.3. The van der Waals surface area contributed by atoms with E-state index >= 15 is 0 Å². The molecular formula is C15H17N5O3. The maximum atomic E-state index is 10.2. The van der Waals surface area contributed by atoms with Crippen LogP contribution in [0, 0.1) is 12.3 Å². The fourth-order valence-corrected chi connectivity index (χ4v) is 2.92. The molecule has 0 bridgehead atoms. The Morgan fingerprint density at radius 3 is 2.74 bits per heavy atom. The highest BCUT2D eigenvalue weighted by Gasteiger charge is 2.43. The summed E-state index contributed by atoms with van der Waals surface area (Å²) in [5.41, 5.74) is 1.13. The van der Waals surface area contributed by atoms with E-state index in [1.807, 2.05) is 0 Å². The molecule has 0 unspecified atom stereocenters. The van der Waals surface area contributed by atoms with Gasteiger partial charge < -0.3 is 20.3 Å². The van der Waals surface area contributed by atoms with Gasteiger partial charge in [-0.15, -0.1) is 6.42 Å². The third-order valence-electron chi connectivity index (χ3n) is 4.48. The van der Waals surface area contributed by atoms with Crippen molar-refractivity contribution in [3.63, 3.8) is 0 Å². The Kier molecular flexibility index (Phi) is 3.41. The minimum absolute atomic E-state index is 0.416. The number of imidazole rings is 1. The van der Waals surface area contributed by atoms with Gasteiger partial charge in [0.25, 0.3) is 0 Å². The van der Waals surface area contributed by atoms with E-state index in [0.717, 1.165) is 12.8 Å². The monoisotopic (exact) mass is 315 g/mol. The number of hydrogen-bond donors (Lipinski definition) is 3. The second-order valence-electron chi connectivity index (χ2n) is 5.91. The topological polar surface area (TPSA) is 105 Å². The van der Waals surface area contributed by atoms with E-state index in [4.69, 9.17) is 11.2 Å². The first-order valence-corrected chi connectivity index (χ1v) is 7.61. The van der Waals surface area contributed by atoms with Gasteiger partial charge in [-0.25, -0.2) is 15.0 Å². The number of aliphatic hydroxyl groups excluding tert-OH is 2. The summed E-state index contributed by atoms with van der Waals surface area (Å²) >= 11 is 0. The van der Waals surface area contributed by atoms with Crippen molar-refractivity contribution in [3.05, 3.63) is 12.7 Å². The van der Waals surface area contributed by atoms with Gasteiger partial charge in [-0.2, -0.15) is 0 Å². The summed E-state index contributed by atoms with van der Waals surface area (Å²) in [5, 5.41) is 23.4. The number of terminal acetylenes is 1. The predicted molar refractivity (Wildman–Crippen MR) is 81.3 cm³/mol. The molecule has 4 atom stereocenters. The van der Waals surface area contributed by atoms with Crippen LogP contribution >= 0.6 is 0 Å². The Bertz CT molecular complexity index is 766. The van der Waals surface area contributed by atoms with Gasteiger partial charge >= 0.3 is 0 Å². The van der Waals surface area contributed by atoms with Gasteiger partial charge in [0.15, 0.2) is 23.2 Å². The third-order valence-corrected chi connectivity index (χ3v) is 4.48. The smallest absolute Gasteiger partial charge is 0.167 e. The van der Waals surface area contributed by atoms with Crippen LogP contribution in [0.25, 0.3) is 11.2 Å². The van der Waals surface area contributed by atoms with Gasteiger partial charge in [-0.05, 0) is 19.3 Å². The molecule has 2 fully saturated rings. The molecule has 2 aliphatic rings. The fourth-order valence-electron chi connectivity index (χ4n) is 2.92. The quantitative estimate of drug-likeness (QED) is 0.687. The summed E-state index contributed by atoms with van der Waals surface area (Å²) in [4.78, 5) is 12.8. The highest BCUT2D eigenvalue weighted by Crippen LogP contribution is 2.32. The van der Waals surface area contributed by atoms with Crippen LogP contribution in [-0.4, -0.2) is 54.1 Å². The molecular weight excluding hydrogens is 298 g/mol. The first-order chi connectivity index (χ1) is 11.2. The maximum absolute atomic E-state index is 10.2. The Labute approximate surface area is 132 Å². The van der Waals surface area contributed by atoms with Gasteiger partial charge in [-0.1, -0.05) is 5.92 Å². The minimum Gasteiger partial charge on any atom is -0.386 e. The molecule has 23 heavy (non-hydrogen) atoms. The zero-order valence-corrected chi connectivity index (χ0v) is 12.3. The van der Waals surface area contributed by atoms with Crippen LogP contribution in [0.5, 0.6) is 0 Å². The number of aliphatic hydroxyl groups is 2. The second-order valence-corrected chi connectivity index (χ2v) is 5.91. The molecule has 8 heteroatoms. The molecule has 2 aromatic heterocycles. The van der Waals surface area contributed by atoms with E-state index in [1.165, 1.54) is 19.1 Å². The Morgan fingerprint density at radius 1 is 1.26 bits per heavy atom. The molecule has 1 saturated heterocycles. The summed E-state index contributed by atoms with van der Waals surface area (Å²) in [7, 11) is 0. The molecule has 0 amide bonds. The van der Waals surface area contributed by atoms with Crippen molar-refractivity contribution in [2.75, 3.05) is 5.32 Å². The summed E-state index contributed by atoms with van der Waals surface area (Å²) < 4.78 is 7.12. The molecule has 0 aromatic carbocycles. The Morgan fingerprint density at radius 2 is 2.09 bits per heavy atom. The van der Waals surface area contributed by atoms with Crippen molar-refractivity contribution < 1.29 is 14.9 Å². The van der Waals surface area contributed by atoms with Gasteiger partial charge in [0.05, 0.1) is 6.33 Å². The number of anilines is 1. The van der Waals surface area contributed by atoms with Crippen molar-refractivity contribution in [1.29, 1.82) is 0 Å². The highest BCUT2D eigenvalue weighted by atomic mass is 16.6. The lowest BCUT2D eigenvalue weighted by atomic mass is 9.93. The van der Waals surface area contributed by atoms with Gasteiger partial charge in [0, 0.05) is 6.04 Å². The number of ether oxygens (including phenoxy) is 1. The van der Waals surface area contributed by atoms with E-state index in [1.54, 1.807) is 4.57 Å². The first kappa shape index (κ1) is 14.4. The fraction of sp³-hybridized carbons (Fsp3) is 0.533. The van der Waals surface area contributed by atoms with Crippen molar-refractivity contribution in [2.45, 2.75) is 49.8 Å². The normalized spacial score (nSPS) is 31.0. The van der Waals surface area contributed by atoms with E-state index in [9.17, 15) is 10.2 Å². The highest BCUT2D eigenvalue weighted by molar-refractivity contribution is 5.82. The predicted octanol–water partition coefficient (Wildman–Crippen LogP) is 0.0431. The lowest BCUT2D eigenvalue weighted by Crippen LogP contribution is -2.30. The van der Waals surface area contributed by atoms with E-state index in [2.05, 4.69) is 26.2 Å². The third kappa shape index (κ3) is 2.25. The molecule has 3 heterocycles. The van der Waals surface area contributed by atoms with Crippen molar-refractivity contribution in [1.82, 2.24) is 19.5 Å². The summed E-state index contributed by atoms with van der Waals surface area (Å²) in [6.07, 6.45) is 7.74. The van der Waals surface area contributed by atoms with Crippen molar-refractivity contribution in [2.24, 2.45) is 0 Å². The van der Waals surface area contributed by atoms with Crippen molar-refractivity contribution >= 4 is 17.0 Å². The SMILES string of the molecule is C#C[C@H]1O[C@@H](n2cnc3c(NC4CCC4)ncnc32)[C@H](O)[C@@H]1O. The summed E-state index contributed by atoms with van der Waals surface area (Å²) in [6, 6.07) is 0.416. The van der Waals surface area contributed by atoms with Crippen LogP contribution in [0.1, 0.15) is 25.5 Å². The van der Waals surface area contributed by atoms with Gasteiger partial charge in [-0.3, -0.25) is 4.57 Å². The molecule has 1 aliphatic carbocycles. The van der Waals surface area contributed by atoms with E-state index < -0.39 is 24.5 Å². The largest absolute Gasteiger partial charge is 0.386 e. The van der Waals surface area contributed by atoms with E-state index in [0.29, 0.717) is 23.0 Å². The van der Waals surface area contributed by atoms with Crippen LogP contribution in [0.3, 0.4) is 0 Å². The number of rotatable bonds is 3. The average Bonchev–Trinajstić information content (AvgIpc) is 3.06. The molecule has 1 saturated carbocycles. The second kappa shape index (κ2) is 5.45. The molecule has 8 nitrogen and oxygen atoms in total. The molecule has 0 spiro atoms. The molecule has 0 radical (unpaired) electrons. The summed E-state index contributed by atoms with van der Waals surface area (Å²) in [5.74, 6) is 2.99. The first-order valence-electron chi connectivity index (χ1n) is 7.61. The molecule has 2 aromatic rings. The molecule has 120 valence electrons. The lowest BCUT2D eigenvalue weighted by molar-refractivity contribution is -0.0230. The lowest BCUT2D eigenvalue weighted by Gasteiger charge is -2.26. The Hall–Kier alpha value is -2.21. The number of nitrogens with zero attached hydrogens (tertiary/aromatic N) is 4. The van der Waals surface area contributed by atoms with Crippen LogP contribution in [0.15, 0.2) is 12.7 Å². The number of hydrogen-bond acceptors (Lipinski definition) is 7. The van der Waals surface area contributed by atoms with Crippen LogP contribution in [-0.2, 0) is 4.74 Å². The van der Waals surface area contributed by atoms with Crippen LogP contribution < -0.4 is 5.32 Å². The van der Waals surface area contributed by atoms with Gasteiger partial charge in [0.1, 0.15) is 24.6 Å². The minimum atomic E-state index is -1.15. The van der Waals surface area contributed by atoms with Crippen molar-refractivity contribution in [3.8, 4) is 12.3 Å². The maximum Gasteiger partial charge on any atom is 0.167 e. The number of aromatic nitrogens is 4. The van der Waals surface area contributed by atoms with Gasteiger partial charge in [0.2, 0.25) is 0 Å². The number of fused-ring (bicyclic) bond motifs is 1.